The van der Waals surface area contributed by atoms with Crippen molar-refractivity contribution in [3.8, 4) is 0 Å². The van der Waals surface area contributed by atoms with E-state index in [1.807, 2.05) is 0 Å². The Kier molecular flexibility index (Phi) is 3.85. The molecule has 0 spiro atoms. The van der Waals surface area contributed by atoms with Crippen LogP contribution in [0.25, 0.3) is 0 Å². The summed E-state index contributed by atoms with van der Waals surface area (Å²) in [5, 5.41) is 0. The monoisotopic (exact) mass is 167 g/mol. The smallest absolute Gasteiger partial charge is 0.208 e. The van der Waals surface area contributed by atoms with Crippen LogP contribution < -0.4 is 4.72 Å². The summed E-state index contributed by atoms with van der Waals surface area (Å²) in [4.78, 5) is 0. The maximum absolute atomic E-state index is 10.5. The Labute approximate surface area is 61.6 Å². The van der Waals surface area contributed by atoms with Crippen molar-refractivity contribution < 1.29 is 13.2 Å². The first-order valence-electron chi connectivity index (χ1n) is 2.93. The van der Waals surface area contributed by atoms with Gasteiger partial charge in [0.15, 0.2) is 0 Å². The van der Waals surface area contributed by atoms with Crippen LogP contribution in [0, 0.1) is 0 Å². The molecule has 0 aliphatic rings. The summed E-state index contributed by atoms with van der Waals surface area (Å²) in [6.45, 7) is 2.12. The van der Waals surface area contributed by atoms with Crippen LogP contribution in [-0.2, 0) is 14.8 Å². The van der Waals surface area contributed by atoms with Gasteiger partial charge < -0.3 is 4.74 Å². The van der Waals surface area contributed by atoms with Crippen LogP contribution in [-0.4, -0.2) is 34.4 Å². The molecule has 0 rings (SSSR count). The largest absolute Gasteiger partial charge is 0.380 e. The quantitative estimate of drug-likeness (QED) is 0.618. The number of methoxy groups -OCH3 is 1. The molecule has 0 amide bonds. The van der Waals surface area contributed by atoms with Gasteiger partial charge in [0.2, 0.25) is 10.0 Å². The zero-order valence-corrected chi connectivity index (χ0v) is 7.23. The molecule has 4 nitrogen and oxygen atoms in total. The highest BCUT2D eigenvalue weighted by atomic mass is 32.2. The van der Waals surface area contributed by atoms with E-state index in [1.165, 1.54) is 7.11 Å². The highest BCUT2D eigenvalue weighted by molar-refractivity contribution is 7.88. The summed E-state index contributed by atoms with van der Waals surface area (Å²) in [6.07, 6.45) is 1.05. The fourth-order valence-electron chi connectivity index (χ4n) is 0.352. The van der Waals surface area contributed by atoms with Gasteiger partial charge in [0.05, 0.1) is 12.4 Å². The Morgan fingerprint density at radius 1 is 1.60 bits per heavy atom. The summed E-state index contributed by atoms with van der Waals surface area (Å²) in [5.41, 5.74) is 0. The highest BCUT2D eigenvalue weighted by Crippen LogP contribution is 1.84. The van der Waals surface area contributed by atoms with Gasteiger partial charge in [-0.3, -0.25) is 0 Å². The van der Waals surface area contributed by atoms with Crippen molar-refractivity contribution in [1.82, 2.24) is 4.72 Å². The minimum Gasteiger partial charge on any atom is -0.380 e. The lowest BCUT2D eigenvalue weighted by Gasteiger charge is -2.08. The van der Waals surface area contributed by atoms with Gasteiger partial charge in [-0.15, -0.1) is 0 Å². The van der Waals surface area contributed by atoms with Gasteiger partial charge in [-0.2, -0.15) is 0 Å². The van der Waals surface area contributed by atoms with E-state index in [1.54, 1.807) is 6.92 Å². The molecule has 0 saturated heterocycles. The molecule has 0 aromatic heterocycles. The summed E-state index contributed by atoms with van der Waals surface area (Å²) in [5.74, 6) is 0. The number of hydrogen-bond acceptors (Lipinski definition) is 3. The molecular formula is C5H13NO3S. The van der Waals surface area contributed by atoms with Crippen LogP contribution in [0.4, 0.5) is 0 Å². The highest BCUT2D eigenvalue weighted by Gasteiger charge is 2.03. The predicted octanol–water partition coefficient (Wildman–Crippen LogP) is -0.429. The van der Waals surface area contributed by atoms with Crippen LogP contribution in [0.15, 0.2) is 0 Å². The molecule has 0 fully saturated rings. The van der Waals surface area contributed by atoms with Gasteiger partial charge in [-0.1, -0.05) is 0 Å². The second kappa shape index (κ2) is 3.90. The van der Waals surface area contributed by atoms with Crippen LogP contribution in [0.2, 0.25) is 0 Å². The van der Waals surface area contributed by atoms with Gasteiger partial charge >= 0.3 is 0 Å². The molecule has 0 aromatic carbocycles. The molecule has 62 valence electrons. The first-order chi connectivity index (χ1) is 4.45. The molecule has 5 heteroatoms. The van der Waals surface area contributed by atoms with Crippen molar-refractivity contribution in [2.24, 2.45) is 0 Å². The predicted molar refractivity (Wildman–Crippen MR) is 39.3 cm³/mol. The lowest BCUT2D eigenvalue weighted by atomic mass is 10.4. The first-order valence-corrected chi connectivity index (χ1v) is 4.82. The SMILES string of the molecule is COC(C)CNS(C)(=O)=O. The third-order valence-electron chi connectivity index (χ3n) is 1.04. The summed E-state index contributed by atoms with van der Waals surface area (Å²) >= 11 is 0. The number of nitrogens with one attached hydrogen (secondary N) is 1. The Hall–Kier alpha value is -0.130. The second-order valence-electron chi connectivity index (χ2n) is 2.17. The van der Waals surface area contributed by atoms with E-state index in [-0.39, 0.29) is 6.10 Å². The minimum absolute atomic E-state index is 0.0743. The number of hydrogen-bond donors (Lipinski definition) is 1. The molecule has 0 aliphatic carbocycles. The Morgan fingerprint density at radius 2 is 2.10 bits per heavy atom. The number of rotatable bonds is 4. The minimum atomic E-state index is -3.06. The topological polar surface area (TPSA) is 55.4 Å². The van der Waals surface area contributed by atoms with Crippen molar-refractivity contribution in [1.29, 1.82) is 0 Å². The van der Waals surface area contributed by atoms with E-state index in [4.69, 9.17) is 4.74 Å². The number of ether oxygens (including phenoxy) is 1. The van der Waals surface area contributed by atoms with E-state index < -0.39 is 10.0 Å². The molecule has 10 heavy (non-hydrogen) atoms. The summed E-state index contributed by atoms with van der Waals surface area (Å²) in [6, 6.07) is 0. The molecule has 1 N–H and O–H groups in total. The van der Waals surface area contributed by atoms with Crippen LogP contribution in [0.3, 0.4) is 0 Å². The van der Waals surface area contributed by atoms with Crippen LogP contribution >= 0.6 is 0 Å². The fourth-order valence-corrected chi connectivity index (χ4v) is 0.890. The third-order valence-corrected chi connectivity index (χ3v) is 1.73. The molecule has 0 aromatic rings. The Morgan fingerprint density at radius 3 is 2.40 bits per heavy atom. The van der Waals surface area contributed by atoms with Gasteiger partial charge in [0.25, 0.3) is 0 Å². The van der Waals surface area contributed by atoms with Crippen molar-refractivity contribution in [2.75, 3.05) is 19.9 Å². The maximum Gasteiger partial charge on any atom is 0.208 e. The van der Waals surface area contributed by atoms with E-state index in [0.29, 0.717) is 6.54 Å². The average Bonchev–Trinajstić information content (AvgIpc) is 1.81. The van der Waals surface area contributed by atoms with Crippen molar-refractivity contribution >= 4 is 10.0 Å². The van der Waals surface area contributed by atoms with Crippen molar-refractivity contribution in [3.05, 3.63) is 0 Å². The zero-order chi connectivity index (χ0) is 8.20. The molecule has 0 radical (unpaired) electrons. The molecule has 0 heterocycles. The standard InChI is InChI=1S/C5H13NO3S/c1-5(9-2)4-6-10(3,7)8/h5-6H,4H2,1-3H3. The zero-order valence-electron chi connectivity index (χ0n) is 6.42. The lowest BCUT2D eigenvalue weighted by molar-refractivity contribution is 0.122. The van der Waals surface area contributed by atoms with Gasteiger partial charge in [-0.25, -0.2) is 13.1 Å². The summed E-state index contributed by atoms with van der Waals surface area (Å²) < 4.78 is 28.1. The number of sulfonamides is 1. The lowest BCUT2D eigenvalue weighted by Crippen LogP contribution is -2.30. The van der Waals surface area contributed by atoms with Gasteiger partial charge in [0, 0.05) is 13.7 Å². The fraction of sp³-hybridized carbons (Fsp3) is 1.00. The normalized spacial score (nSPS) is 15.1. The molecule has 0 saturated carbocycles. The van der Waals surface area contributed by atoms with Gasteiger partial charge in [-0.05, 0) is 6.92 Å². The van der Waals surface area contributed by atoms with E-state index in [9.17, 15) is 8.42 Å². The molecule has 0 aliphatic heterocycles. The third kappa shape index (κ3) is 6.00. The molecular weight excluding hydrogens is 154 g/mol. The van der Waals surface area contributed by atoms with Gasteiger partial charge in [0.1, 0.15) is 0 Å². The first kappa shape index (κ1) is 9.87. The molecule has 1 unspecified atom stereocenters. The van der Waals surface area contributed by atoms with E-state index in [2.05, 4.69) is 4.72 Å². The van der Waals surface area contributed by atoms with Crippen molar-refractivity contribution in [3.63, 3.8) is 0 Å². The Balaban J connectivity index is 3.56. The average molecular weight is 167 g/mol. The maximum atomic E-state index is 10.5. The molecule has 1 atom stereocenters. The van der Waals surface area contributed by atoms with Crippen LogP contribution in [0.5, 0.6) is 0 Å². The van der Waals surface area contributed by atoms with E-state index in [0.717, 1.165) is 6.26 Å². The second-order valence-corrected chi connectivity index (χ2v) is 4.00. The van der Waals surface area contributed by atoms with Crippen LogP contribution in [0.1, 0.15) is 6.92 Å². The Bertz CT molecular complexity index is 175. The van der Waals surface area contributed by atoms with E-state index >= 15 is 0 Å². The summed E-state index contributed by atoms with van der Waals surface area (Å²) in [7, 11) is -1.52. The van der Waals surface area contributed by atoms with Crippen molar-refractivity contribution in [2.45, 2.75) is 13.0 Å². The molecule has 0 bridgehead atoms.